The van der Waals surface area contributed by atoms with Gasteiger partial charge in [0.05, 0.1) is 17.7 Å². The molecular weight excluding hydrogens is 269 g/mol. The molecular formula is C14H21F3N2O. The van der Waals surface area contributed by atoms with Gasteiger partial charge in [0, 0.05) is 24.6 Å². The lowest BCUT2D eigenvalue weighted by atomic mass is 9.81. The molecule has 0 aliphatic heterocycles. The number of nitrogens with zero attached hydrogens (tertiary/aromatic N) is 1. The van der Waals surface area contributed by atoms with E-state index in [1.165, 1.54) is 6.20 Å². The summed E-state index contributed by atoms with van der Waals surface area (Å²) in [6.07, 6.45) is -2.69. The zero-order valence-electron chi connectivity index (χ0n) is 12.2. The van der Waals surface area contributed by atoms with Gasteiger partial charge in [-0.25, -0.2) is 0 Å². The van der Waals surface area contributed by atoms with E-state index in [0.717, 1.165) is 12.3 Å². The quantitative estimate of drug-likeness (QED) is 0.922. The first-order valence-electron chi connectivity index (χ1n) is 6.47. The molecule has 0 radical (unpaired) electrons. The third kappa shape index (κ3) is 3.93. The molecule has 3 nitrogen and oxygen atoms in total. The lowest BCUT2D eigenvalue weighted by molar-refractivity contribution is -0.139. The predicted octanol–water partition coefficient (Wildman–Crippen LogP) is 3.55. The molecule has 1 aromatic heterocycles. The highest BCUT2D eigenvalue weighted by Crippen LogP contribution is 2.38. The number of ether oxygens (including phenoxy) is 1. The van der Waals surface area contributed by atoms with Gasteiger partial charge in [-0.2, -0.15) is 13.2 Å². The van der Waals surface area contributed by atoms with Crippen molar-refractivity contribution >= 4 is 0 Å². The number of nitrogens with two attached hydrogens (primary N) is 1. The van der Waals surface area contributed by atoms with E-state index >= 15 is 0 Å². The SMILES string of the molecule is CCOC(C(N)c1cnccc1C(F)(F)F)C(C)(C)C. The van der Waals surface area contributed by atoms with Crippen molar-refractivity contribution in [3.05, 3.63) is 29.6 Å². The van der Waals surface area contributed by atoms with Crippen LogP contribution in [0.3, 0.4) is 0 Å². The molecule has 0 saturated carbocycles. The summed E-state index contributed by atoms with van der Waals surface area (Å²) < 4.78 is 44.7. The second-order valence-corrected chi connectivity index (χ2v) is 5.73. The number of aromatic nitrogens is 1. The van der Waals surface area contributed by atoms with Gasteiger partial charge < -0.3 is 10.5 Å². The summed E-state index contributed by atoms with van der Waals surface area (Å²) in [4.78, 5) is 3.77. The molecule has 2 N–H and O–H groups in total. The van der Waals surface area contributed by atoms with Crippen molar-refractivity contribution in [2.75, 3.05) is 6.61 Å². The highest BCUT2D eigenvalue weighted by atomic mass is 19.4. The second kappa shape index (κ2) is 6.10. The molecule has 0 amide bonds. The van der Waals surface area contributed by atoms with Gasteiger partial charge in [-0.1, -0.05) is 20.8 Å². The average molecular weight is 290 g/mol. The molecule has 0 fully saturated rings. The van der Waals surface area contributed by atoms with E-state index in [1.807, 2.05) is 20.8 Å². The molecule has 0 aliphatic rings. The summed E-state index contributed by atoms with van der Waals surface area (Å²) in [6, 6.07) is 0.0567. The van der Waals surface area contributed by atoms with Gasteiger partial charge in [0.25, 0.3) is 0 Å². The Hall–Kier alpha value is -1.14. The summed E-state index contributed by atoms with van der Waals surface area (Å²) in [5.74, 6) is 0. The normalized spacial score (nSPS) is 16.0. The minimum atomic E-state index is -4.45. The van der Waals surface area contributed by atoms with E-state index in [-0.39, 0.29) is 11.0 Å². The van der Waals surface area contributed by atoms with Crippen LogP contribution in [0.5, 0.6) is 0 Å². The van der Waals surface area contributed by atoms with Crippen molar-refractivity contribution in [1.29, 1.82) is 0 Å². The number of hydrogen-bond donors (Lipinski definition) is 1. The van der Waals surface area contributed by atoms with Crippen molar-refractivity contribution in [2.45, 2.75) is 46.0 Å². The standard InChI is InChI=1S/C14H21F3N2O/c1-5-20-12(13(2,3)4)11(18)9-8-19-7-6-10(9)14(15,16)17/h6-8,11-12H,5,18H2,1-4H3. The molecule has 6 heteroatoms. The lowest BCUT2D eigenvalue weighted by Crippen LogP contribution is -2.40. The van der Waals surface area contributed by atoms with E-state index < -0.39 is 23.9 Å². The zero-order valence-corrected chi connectivity index (χ0v) is 12.2. The maximum atomic E-state index is 13.0. The average Bonchev–Trinajstić information content (AvgIpc) is 2.32. The van der Waals surface area contributed by atoms with Crippen molar-refractivity contribution < 1.29 is 17.9 Å². The van der Waals surface area contributed by atoms with Crippen LogP contribution in [0, 0.1) is 5.41 Å². The predicted molar refractivity (Wildman–Crippen MR) is 71.0 cm³/mol. The van der Waals surface area contributed by atoms with E-state index in [4.69, 9.17) is 10.5 Å². The van der Waals surface area contributed by atoms with Gasteiger partial charge in [-0.15, -0.1) is 0 Å². The second-order valence-electron chi connectivity index (χ2n) is 5.73. The van der Waals surface area contributed by atoms with Gasteiger partial charge in [-0.05, 0) is 18.4 Å². The van der Waals surface area contributed by atoms with Gasteiger partial charge in [-0.3, -0.25) is 4.98 Å². The molecule has 1 rings (SSSR count). The van der Waals surface area contributed by atoms with E-state index in [1.54, 1.807) is 6.92 Å². The largest absolute Gasteiger partial charge is 0.416 e. The molecule has 0 aromatic carbocycles. The topological polar surface area (TPSA) is 48.1 Å². The number of hydrogen-bond acceptors (Lipinski definition) is 3. The fourth-order valence-corrected chi connectivity index (χ4v) is 2.17. The molecule has 0 spiro atoms. The molecule has 114 valence electrons. The fraction of sp³-hybridized carbons (Fsp3) is 0.643. The molecule has 0 aliphatic carbocycles. The monoisotopic (exact) mass is 290 g/mol. The maximum absolute atomic E-state index is 13.0. The Morgan fingerprint density at radius 3 is 2.35 bits per heavy atom. The smallest absolute Gasteiger partial charge is 0.376 e. The number of alkyl halides is 3. The van der Waals surface area contributed by atoms with Crippen LogP contribution in [0.2, 0.25) is 0 Å². The third-order valence-corrected chi connectivity index (χ3v) is 3.04. The van der Waals surface area contributed by atoms with Crippen molar-refractivity contribution in [3.8, 4) is 0 Å². The minimum Gasteiger partial charge on any atom is -0.376 e. The van der Waals surface area contributed by atoms with Crippen molar-refractivity contribution in [3.63, 3.8) is 0 Å². The molecule has 20 heavy (non-hydrogen) atoms. The maximum Gasteiger partial charge on any atom is 0.416 e. The first kappa shape index (κ1) is 16.9. The molecule has 1 aromatic rings. The van der Waals surface area contributed by atoms with Crippen LogP contribution in [0.1, 0.15) is 44.9 Å². The Labute approximate surface area is 117 Å². The molecule has 2 unspecified atom stereocenters. The van der Waals surface area contributed by atoms with Gasteiger partial charge in [0.1, 0.15) is 0 Å². The summed E-state index contributed by atoms with van der Waals surface area (Å²) >= 11 is 0. The van der Waals surface area contributed by atoms with Gasteiger partial charge >= 0.3 is 6.18 Å². The van der Waals surface area contributed by atoms with Crippen LogP contribution >= 0.6 is 0 Å². The van der Waals surface area contributed by atoms with Crippen LogP contribution < -0.4 is 5.73 Å². The van der Waals surface area contributed by atoms with Crippen molar-refractivity contribution in [2.24, 2.45) is 11.1 Å². The summed E-state index contributed by atoms with van der Waals surface area (Å²) in [5.41, 5.74) is 4.87. The Balaban J connectivity index is 3.22. The summed E-state index contributed by atoms with van der Waals surface area (Å²) in [5, 5.41) is 0. The number of pyridine rings is 1. The van der Waals surface area contributed by atoms with Gasteiger partial charge in [0.2, 0.25) is 0 Å². The highest BCUT2D eigenvalue weighted by molar-refractivity contribution is 5.30. The fourth-order valence-electron chi connectivity index (χ4n) is 2.17. The molecule has 0 saturated heterocycles. The Morgan fingerprint density at radius 2 is 1.90 bits per heavy atom. The Morgan fingerprint density at radius 1 is 1.30 bits per heavy atom. The first-order chi connectivity index (χ1) is 9.09. The first-order valence-corrected chi connectivity index (χ1v) is 6.47. The van der Waals surface area contributed by atoms with E-state index in [2.05, 4.69) is 4.98 Å². The van der Waals surface area contributed by atoms with E-state index in [9.17, 15) is 13.2 Å². The summed E-state index contributed by atoms with van der Waals surface area (Å²) in [6.45, 7) is 7.83. The lowest BCUT2D eigenvalue weighted by Gasteiger charge is -2.35. The molecule has 2 atom stereocenters. The van der Waals surface area contributed by atoms with E-state index in [0.29, 0.717) is 6.61 Å². The number of halogens is 3. The summed E-state index contributed by atoms with van der Waals surface area (Å²) in [7, 11) is 0. The van der Waals surface area contributed by atoms with Crippen molar-refractivity contribution in [1.82, 2.24) is 4.98 Å². The zero-order chi connectivity index (χ0) is 15.6. The Bertz CT molecular complexity index is 441. The highest BCUT2D eigenvalue weighted by Gasteiger charge is 2.39. The van der Waals surface area contributed by atoms with Crippen LogP contribution in [0.15, 0.2) is 18.5 Å². The minimum absolute atomic E-state index is 0.0339. The third-order valence-electron chi connectivity index (χ3n) is 3.04. The van der Waals surface area contributed by atoms with Gasteiger partial charge in [0.15, 0.2) is 0 Å². The van der Waals surface area contributed by atoms with Crippen LogP contribution in [-0.2, 0) is 10.9 Å². The number of rotatable bonds is 4. The van der Waals surface area contributed by atoms with Crippen LogP contribution in [0.4, 0.5) is 13.2 Å². The van der Waals surface area contributed by atoms with Crippen LogP contribution in [-0.4, -0.2) is 17.7 Å². The Kier molecular flexibility index (Phi) is 5.15. The molecule has 1 heterocycles. The molecule has 0 bridgehead atoms. The van der Waals surface area contributed by atoms with Crippen LogP contribution in [0.25, 0.3) is 0 Å².